The molecule has 0 bridgehead atoms. The van der Waals surface area contributed by atoms with E-state index < -0.39 is 0 Å². The van der Waals surface area contributed by atoms with Crippen LogP contribution >= 0.6 is 15.9 Å². The number of ether oxygens (including phenoxy) is 1. The van der Waals surface area contributed by atoms with Gasteiger partial charge < -0.3 is 9.64 Å². The Labute approximate surface area is 156 Å². The van der Waals surface area contributed by atoms with Crippen molar-refractivity contribution in [2.75, 3.05) is 7.11 Å². The molecule has 2 aromatic carbocycles. The molecule has 1 heterocycles. The van der Waals surface area contributed by atoms with E-state index in [0.29, 0.717) is 6.42 Å². The summed E-state index contributed by atoms with van der Waals surface area (Å²) in [4.78, 5) is 14.8. The second-order valence-corrected chi connectivity index (χ2v) is 7.53. The zero-order chi connectivity index (χ0) is 17.6. The smallest absolute Gasteiger partial charge is 0.227 e. The summed E-state index contributed by atoms with van der Waals surface area (Å²) in [7, 11) is 1.70. The van der Waals surface area contributed by atoms with Crippen LogP contribution in [0.15, 0.2) is 53.5 Å². The molecule has 0 radical (unpaired) electrons. The number of carbonyl (C=O) groups is 1. The minimum absolute atomic E-state index is 0.142. The van der Waals surface area contributed by atoms with Crippen molar-refractivity contribution >= 4 is 27.5 Å². The zero-order valence-corrected chi connectivity index (χ0v) is 15.8. The number of benzene rings is 2. The predicted octanol–water partition coefficient (Wildman–Crippen LogP) is 4.89. The number of fused-ring (bicyclic) bond motifs is 2. The summed E-state index contributed by atoms with van der Waals surface area (Å²) in [6.07, 6.45) is 3.18. The van der Waals surface area contributed by atoms with Gasteiger partial charge in [-0.3, -0.25) is 4.79 Å². The van der Waals surface area contributed by atoms with Crippen LogP contribution in [0.5, 0.6) is 5.75 Å². The first-order valence-corrected chi connectivity index (χ1v) is 9.31. The molecule has 1 amide bonds. The van der Waals surface area contributed by atoms with Gasteiger partial charge in [0.15, 0.2) is 0 Å². The van der Waals surface area contributed by atoms with Gasteiger partial charge in [-0.05, 0) is 42.5 Å². The average molecular weight is 398 g/mol. The lowest BCUT2D eigenvalue weighted by molar-refractivity contribution is -0.127. The number of amides is 1. The molecular weight excluding hydrogens is 378 g/mol. The number of methoxy groups -OCH3 is 1. The molecule has 2 aromatic rings. The highest BCUT2D eigenvalue weighted by atomic mass is 79.9. The molecule has 128 valence electrons. The largest absolute Gasteiger partial charge is 0.496 e. The number of rotatable bonds is 3. The molecule has 25 heavy (non-hydrogen) atoms. The predicted molar refractivity (Wildman–Crippen MR) is 102 cm³/mol. The molecule has 1 atom stereocenters. The van der Waals surface area contributed by atoms with Crippen LogP contribution in [0, 0.1) is 0 Å². The van der Waals surface area contributed by atoms with Gasteiger partial charge in [-0.25, -0.2) is 0 Å². The summed E-state index contributed by atoms with van der Waals surface area (Å²) in [6, 6.07) is 14.0. The van der Waals surface area contributed by atoms with Crippen molar-refractivity contribution in [1.82, 2.24) is 4.90 Å². The lowest BCUT2D eigenvalue weighted by Crippen LogP contribution is -2.40. The Morgan fingerprint density at radius 3 is 2.60 bits per heavy atom. The van der Waals surface area contributed by atoms with E-state index in [2.05, 4.69) is 22.5 Å². The number of halogens is 1. The number of likely N-dealkylation sites (tertiary alicyclic amines) is 1. The van der Waals surface area contributed by atoms with Crippen molar-refractivity contribution in [1.29, 1.82) is 0 Å². The van der Waals surface area contributed by atoms with E-state index in [4.69, 9.17) is 4.74 Å². The van der Waals surface area contributed by atoms with Crippen LogP contribution in [0.4, 0.5) is 0 Å². The van der Waals surface area contributed by atoms with Gasteiger partial charge in [-0.15, -0.1) is 0 Å². The minimum atomic E-state index is -0.353. The molecule has 1 aliphatic carbocycles. The third kappa shape index (κ3) is 2.35. The van der Waals surface area contributed by atoms with Crippen LogP contribution < -0.4 is 4.74 Å². The fraction of sp³-hybridized carbons (Fsp3) is 0.286. The van der Waals surface area contributed by atoms with Crippen LogP contribution in [-0.2, 0) is 16.8 Å². The van der Waals surface area contributed by atoms with E-state index in [9.17, 15) is 4.79 Å². The summed E-state index contributed by atoms with van der Waals surface area (Å²) in [6.45, 7) is 4.28. The molecule has 1 spiro atoms. The highest BCUT2D eigenvalue weighted by molar-refractivity contribution is 9.10. The Morgan fingerprint density at radius 1 is 1.16 bits per heavy atom. The second kappa shape index (κ2) is 6.03. The Balaban J connectivity index is 1.88. The van der Waals surface area contributed by atoms with Gasteiger partial charge >= 0.3 is 0 Å². The van der Waals surface area contributed by atoms with Crippen LogP contribution in [0.3, 0.4) is 0 Å². The molecule has 0 N–H and O–H groups in total. The fourth-order valence-electron chi connectivity index (χ4n) is 4.40. The first kappa shape index (κ1) is 16.4. The maximum atomic E-state index is 12.9. The summed E-state index contributed by atoms with van der Waals surface area (Å²) in [5, 5.41) is 0. The molecular formula is C21H20BrNO2. The van der Waals surface area contributed by atoms with Gasteiger partial charge in [-0.1, -0.05) is 52.8 Å². The van der Waals surface area contributed by atoms with Crippen LogP contribution in [0.2, 0.25) is 0 Å². The van der Waals surface area contributed by atoms with Gasteiger partial charge in [0.2, 0.25) is 5.91 Å². The molecule has 0 unspecified atom stereocenters. The molecule has 3 nitrogen and oxygen atoms in total. The van der Waals surface area contributed by atoms with E-state index in [1.807, 2.05) is 47.4 Å². The van der Waals surface area contributed by atoms with Crippen LogP contribution in [0.1, 0.15) is 36.0 Å². The topological polar surface area (TPSA) is 29.5 Å². The molecule has 2 aliphatic rings. The maximum absolute atomic E-state index is 12.9. The molecule has 1 aliphatic heterocycles. The third-order valence-corrected chi connectivity index (χ3v) is 6.24. The van der Waals surface area contributed by atoms with E-state index >= 15 is 0 Å². The second-order valence-electron chi connectivity index (χ2n) is 6.68. The minimum Gasteiger partial charge on any atom is -0.496 e. The normalized spacial score (nSPS) is 21.7. The molecule has 4 heteroatoms. The van der Waals surface area contributed by atoms with Crippen molar-refractivity contribution < 1.29 is 9.53 Å². The summed E-state index contributed by atoms with van der Waals surface area (Å²) in [5.74, 6) is 1.000. The van der Waals surface area contributed by atoms with Crippen molar-refractivity contribution in [3.63, 3.8) is 0 Å². The molecule has 0 saturated carbocycles. The molecule has 1 saturated heterocycles. The fourth-order valence-corrected chi connectivity index (χ4v) is 4.93. The molecule has 4 rings (SSSR count). The van der Waals surface area contributed by atoms with E-state index in [1.54, 1.807) is 7.11 Å². The SMILES string of the molecule is C=C(c1ccccc1)N1C(=O)CC[C@@]12CCc1c(Br)ccc(OC)c12. The highest BCUT2D eigenvalue weighted by Gasteiger charge is 2.53. The standard InChI is InChI=1S/C21H20BrNO2/c1-14(15-6-4-3-5-7-15)23-19(24)11-13-21(23)12-10-16-17(22)8-9-18(25-2)20(16)21/h3-9H,1,10-13H2,2H3/t21-/m1/s1. The average Bonchev–Trinajstić information content (AvgIpc) is 3.18. The first-order valence-electron chi connectivity index (χ1n) is 8.52. The van der Waals surface area contributed by atoms with Crippen molar-refractivity contribution in [2.24, 2.45) is 0 Å². The Kier molecular flexibility index (Phi) is 3.95. The highest BCUT2D eigenvalue weighted by Crippen LogP contribution is 2.55. The van der Waals surface area contributed by atoms with Crippen LogP contribution in [0.25, 0.3) is 5.70 Å². The number of hydrogen-bond donors (Lipinski definition) is 0. The monoisotopic (exact) mass is 397 g/mol. The van der Waals surface area contributed by atoms with Crippen LogP contribution in [-0.4, -0.2) is 17.9 Å². The van der Waals surface area contributed by atoms with Gasteiger partial charge in [0.1, 0.15) is 5.75 Å². The lowest BCUT2D eigenvalue weighted by atomic mass is 9.87. The quantitative estimate of drug-likeness (QED) is 0.737. The zero-order valence-electron chi connectivity index (χ0n) is 14.2. The van der Waals surface area contributed by atoms with Crippen molar-refractivity contribution in [2.45, 2.75) is 31.2 Å². The number of hydrogen-bond acceptors (Lipinski definition) is 2. The van der Waals surface area contributed by atoms with Gasteiger partial charge in [0, 0.05) is 22.2 Å². The van der Waals surface area contributed by atoms with Crippen molar-refractivity contribution in [3.8, 4) is 5.75 Å². The van der Waals surface area contributed by atoms with E-state index in [-0.39, 0.29) is 11.4 Å². The first-order chi connectivity index (χ1) is 12.1. The lowest BCUT2D eigenvalue weighted by Gasteiger charge is -2.38. The van der Waals surface area contributed by atoms with Gasteiger partial charge in [-0.2, -0.15) is 0 Å². The Bertz CT molecular complexity index is 862. The summed E-state index contributed by atoms with van der Waals surface area (Å²) < 4.78 is 6.77. The number of nitrogens with zero attached hydrogens (tertiary/aromatic N) is 1. The van der Waals surface area contributed by atoms with Crippen molar-refractivity contribution in [3.05, 3.63) is 70.2 Å². The Hall–Kier alpha value is -2.07. The molecule has 1 fully saturated rings. The van der Waals surface area contributed by atoms with E-state index in [1.165, 1.54) is 5.56 Å². The van der Waals surface area contributed by atoms with Gasteiger partial charge in [0.05, 0.1) is 12.6 Å². The van der Waals surface area contributed by atoms with Gasteiger partial charge in [0.25, 0.3) is 0 Å². The third-order valence-electron chi connectivity index (χ3n) is 5.50. The maximum Gasteiger partial charge on any atom is 0.227 e. The molecule has 0 aromatic heterocycles. The number of carbonyl (C=O) groups excluding carboxylic acids is 1. The summed E-state index contributed by atoms with van der Waals surface area (Å²) >= 11 is 3.68. The Morgan fingerprint density at radius 2 is 1.88 bits per heavy atom. The van der Waals surface area contributed by atoms with E-state index in [0.717, 1.165) is 46.3 Å². The summed E-state index contributed by atoms with van der Waals surface area (Å²) in [5.41, 5.74) is 3.80.